The molecule has 0 saturated carbocycles. The van der Waals surface area contributed by atoms with Gasteiger partial charge >= 0.3 is 0 Å². The van der Waals surface area contributed by atoms with Gasteiger partial charge in [-0.3, -0.25) is 4.79 Å². The third kappa shape index (κ3) is 4.25. The number of hydrogen-bond acceptors (Lipinski definition) is 3. The van der Waals surface area contributed by atoms with Crippen molar-refractivity contribution in [3.8, 4) is 5.75 Å². The Hall–Kier alpha value is -0.970. The largest absolute Gasteiger partial charge is 0.482 e. The van der Waals surface area contributed by atoms with Crippen LogP contribution in [0.1, 0.15) is 19.8 Å². The van der Waals surface area contributed by atoms with E-state index in [0.717, 1.165) is 19.4 Å². The summed E-state index contributed by atoms with van der Waals surface area (Å²) >= 11 is 11.8. The third-order valence-electron chi connectivity index (χ3n) is 3.82. The minimum Gasteiger partial charge on any atom is -0.482 e. The van der Waals surface area contributed by atoms with Gasteiger partial charge in [0.2, 0.25) is 0 Å². The van der Waals surface area contributed by atoms with Crippen LogP contribution in [0.25, 0.3) is 0 Å². The summed E-state index contributed by atoms with van der Waals surface area (Å²) in [6, 6.07) is 5.04. The van der Waals surface area contributed by atoms with Gasteiger partial charge in [-0.2, -0.15) is 0 Å². The van der Waals surface area contributed by atoms with Gasteiger partial charge in [-0.15, -0.1) is 0 Å². The number of ether oxygens (including phenoxy) is 1. The van der Waals surface area contributed by atoms with Gasteiger partial charge in [0.25, 0.3) is 5.91 Å². The topological polar surface area (TPSA) is 55.6 Å². The van der Waals surface area contributed by atoms with E-state index in [2.05, 4.69) is 6.92 Å². The molecular weight excluding hydrogens is 311 g/mol. The van der Waals surface area contributed by atoms with Gasteiger partial charge in [-0.25, -0.2) is 0 Å². The normalized spacial score (nSPS) is 22.2. The van der Waals surface area contributed by atoms with Gasteiger partial charge < -0.3 is 15.4 Å². The van der Waals surface area contributed by atoms with Gasteiger partial charge in [-0.05, 0) is 37.0 Å². The van der Waals surface area contributed by atoms with Crippen LogP contribution in [0.4, 0.5) is 0 Å². The summed E-state index contributed by atoms with van der Waals surface area (Å²) < 4.78 is 5.50. The molecule has 1 aromatic carbocycles. The van der Waals surface area contributed by atoms with Crippen LogP contribution in [-0.4, -0.2) is 36.5 Å². The van der Waals surface area contributed by atoms with Crippen LogP contribution in [0.5, 0.6) is 5.75 Å². The van der Waals surface area contributed by atoms with Gasteiger partial charge in [0.1, 0.15) is 5.75 Å². The van der Waals surface area contributed by atoms with Crippen LogP contribution in [0.15, 0.2) is 18.2 Å². The van der Waals surface area contributed by atoms with Crippen LogP contribution in [0, 0.1) is 5.92 Å². The summed E-state index contributed by atoms with van der Waals surface area (Å²) in [4.78, 5) is 14.1. The molecule has 0 bridgehead atoms. The molecule has 116 valence electrons. The molecule has 0 spiro atoms. The number of carbonyl (C=O) groups excluding carboxylic acids is 1. The number of carbonyl (C=O) groups is 1. The third-order valence-corrected chi connectivity index (χ3v) is 4.35. The molecule has 4 nitrogen and oxygen atoms in total. The highest BCUT2D eigenvalue weighted by Gasteiger charge is 2.29. The summed E-state index contributed by atoms with van der Waals surface area (Å²) in [7, 11) is 0. The molecule has 0 aliphatic carbocycles. The van der Waals surface area contributed by atoms with Crippen LogP contribution in [-0.2, 0) is 4.79 Å². The van der Waals surface area contributed by atoms with Crippen LogP contribution in [0.2, 0.25) is 10.0 Å². The second-order valence-electron chi connectivity index (χ2n) is 5.47. The standard InChI is InChI=1S/C15H20Cl2N2O2/c1-10-4-5-19(12(6-10)8-18)15(20)9-21-14-3-2-11(16)7-13(14)17/h2-3,7,10,12H,4-6,8-9,18H2,1H3. The fourth-order valence-electron chi connectivity index (χ4n) is 2.62. The van der Waals surface area contributed by atoms with Crippen molar-refractivity contribution in [2.24, 2.45) is 11.7 Å². The molecule has 0 aromatic heterocycles. The van der Waals surface area contributed by atoms with Gasteiger partial charge in [0.05, 0.1) is 5.02 Å². The Balaban J connectivity index is 1.94. The predicted octanol–water partition coefficient (Wildman–Crippen LogP) is 2.96. The summed E-state index contributed by atoms with van der Waals surface area (Å²) in [5.74, 6) is 1.02. The first-order valence-corrected chi connectivity index (χ1v) is 7.84. The maximum atomic E-state index is 12.3. The minimum atomic E-state index is -0.0524. The number of benzene rings is 1. The number of halogens is 2. The summed E-state index contributed by atoms with van der Waals surface area (Å²) in [5.41, 5.74) is 5.77. The van der Waals surface area contributed by atoms with E-state index in [4.69, 9.17) is 33.7 Å². The predicted molar refractivity (Wildman–Crippen MR) is 84.9 cm³/mol. The molecule has 1 aliphatic rings. The number of piperidine rings is 1. The van der Waals surface area contributed by atoms with Crippen molar-refractivity contribution < 1.29 is 9.53 Å². The van der Waals surface area contributed by atoms with Crippen molar-refractivity contribution in [2.45, 2.75) is 25.8 Å². The number of rotatable bonds is 4. The molecule has 1 aliphatic heterocycles. The van der Waals surface area contributed by atoms with Crippen molar-refractivity contribution in [1.29, 1.82) is 0 Å². The van der Waals surface area contributed by atoms with Gasteiger partial charge in [0.15, 0.2) is 6.61 Å². The smallest absolute Gasteiger partial charge is 0.260 e. The van der Waals surface area contributed by atoms with Crippen LogP contribution in [0.3, 0.4) is 0 Å². The molecule has 2 atom stereocenters. The summed E-state index contributed by atoms with van der Waals surface area (Å²) in [6.45, 7) is 3.37. The summed E-state index contributed by atoms with van der Waals surface area (Å²) in [5, 5.41) is 0.935. The van der Waals surface area contributed by atoms with Crippen molar-refractivity contribution >= 4 is 29.1 Å². The Morgan fingerprint density at radius 2 is 2.24 bits per heavy atom. The van der Waals surface area contributed by atoms with Gasteiger partial charge in [0, 0.05) is 24.2 Å². The molecular formula is C15H20Cl2N2O2. The van der Waals surface area contributed by atoms with Gasteiger partial charge in [-0.1, -0.05) is 30.1 Å². The van der Waals surface area contributed by atoms with Crippen molar-refractivity contribution in [2.75, 3.05) is 19.7 Å². The fraction of sp³-hybridized carbons (Fsp3) is 0.533. The first-order valence-electron chi connectivity index (χ1n) is 7.08. The highest BCUT2D eigenvalue weighted by atomic mass is 35.5. The zero-order chi connectivity index (χ0) is 15.4. The Labute approximate surface area is 135 Å². The molecule has 1 amide bonds. The molecule has 6 heteroatoms. The zero-order valence-electron chi connectivity index (χ0n) is 12.0. The SMILES string of the molecule is CC1CCN(C(=O)COc2ccc(Cl)cc2Cl)C(CN)C1. The lowest BCUT2D eigenvalue weighted by Gasteiger charge is -2.37. The number of nitrogens with zero attached hydrogens (tertiary/aromatic N) is 1. The van der Waals surface area contributed by atoms with E-state index in [9.17, 15) is 4.79 Å². The maximum absolute atomic E-state index is 12.3. The number of likely N-dealkylation sites (tertiary alicyclic amines) is 1. The number of nitrogens with two attached hydrogens (primary N) is 1. The minimum absolute atomic E-state index is 0.0355. The van der Waals surface area contributed by atoms with Crippen molar-refractivity contribution in [3.05, 3.63) is 28.2 Å². The van der Waals surface area contributed by atoms with E-state index >= 15 is 0 Å². The van der Waals surface area contributed by atoms with Crippen molar-refractivity contribution in [3.63, 3.8) is 0 Å². The molecule has 1 aromatic rings. The second kappa shape index (κ2) is 7.34. The van der Waals surface area contributed by atoms with Crippen molar-refractivity contribution in [1.82, 2.24) is 4.90 Å². The zero-order valence-corrected chi connectivity index (χ0v) is 13.5. The molecule has 1 fully saturated rings. The van der Waals surface area contributed by atoms with E-state index in [1.165, 1.54) is 0 Å². The number of hydrogen-bond donors (Lipinski definition) is 1. The quantitative estimate of drug-likeness (QED) is 0.923. The van der Waals surface area contributed by atoms with E-state index < -0.39 is 0 Å². The lowest BCUT2D eigenvalue weighted by Crippen LogP contribution is -2.50. The molecule has 2 N–H and O–H groups in total. The fourth-order valence-corrected chi connectivity index (χ4v) is 3.08. The molecule has 2 rings (SSSR count). The number of amides is 1. The molecule has 1 saturated heterocycles. The second-order valence-corrected chi connectivity index (χ2v) is 6.31. The molecule has 2 unspecified atom stereocenters. The average molecular weight is 331 g/mol. The first kappa shape index (κ1) is 16.4. The Morgan fingerprint density at radius 1 is 1.48 bits per heavy atom. The monoisotopic (exact) mass is 330 g/mol. The maximum Gasteiger partial charge on any atom is 0.260 e. The summed E-state index contributed by atoms with van der Waals surface area (Å²) in [6.07, 6.45) is 1.95. The Kier molecular flexibility index (Phi) is 5.73. The molecule has 0 radical (unpaired) electrons. The highest BCUT2D eigenvalue weighted by Crippen LogP contribution is 2.28. The van der Waals surface area contributed by atoms with E-state index in [1.807, 2.05) is 4.90 Å². The first-order chi connectivity index (χ1) is 10.0. The lowest BCUT2D eigenvalue weighted by atomic mass is 9.92. The lowest BCUT2D eigenvalue weighted by molar-refractivity contribution is -0.137. The molecule has 1 heterocycles. The highest BCUT2D eigenvalue weighted by molar-refractivity contribution is 6.35. The average Bonchev–Trinajstić information content (AvgIpc) is 2.45. The van der Waals surface area contributed by atoms with E-state index in [-0.39, 0.29) is 18.6 Å². The van der Waals surface area contributed by atoms with E-state index in [0.29, 0.717) is 28.3 Å². The Bertz CT molecular complexity index is 510. The molecule has 21 heavy (non-hydrogen) atoms. The van der Waals surface area contributed by atoms with E-state index in [1.54, 1.807) is 18.2 Å². The Morgan fingerprint density at radius 3 is 2.90 bits per heavy atom. The van der Waals surface area contributed by atoms with Crippen LogP contribution >= 0.6 is 23.2 Å². The van der Waals surface area contributed by atoms with Crippen LogP contribution < -0.4 is 10.5 Å².